The summed E-state index contributed by atoms with van der Waals surface area (Å²) in [6.07, 6.45) is 7.62. The molecule has 3 aromatic heterocycles. The highest BCUT2D eigenvalue weighted by atomic mass is 16.5. The largest absolute Gasteiger partial charge is 0.370 e. The van der Waals surface area contributed by atoms with Crippen LogP contribution >= 0.6 is 0 Å². The maximum atomic E-state index is 6.01. The number of rotatable bonds is 4. The Hall–Kier alpha value is -2.54. The molecule has 23 heavy (non-hydrogen) atoms. The van der Waals surface area contributed by atoms with Gasteiger partial charge in [0.05, 0.1) is 30.0 Å². The fourth-order valence-corrected chi connectivity index (χ4v) is 2.82. The fraction of sp³-hybridized carbons (Fsp3) is 0.375. The summed E-state index contributed by atoms with van der Waals surface area (Å²) in [5.74, 6) is 0.730. The molecule has 0 bridgehead atoms. The molecule has 0 aliphatic carbocycles. The van der Waals surface area contributed by atoms with Gasteiger partial charge in [0.15, 0.2) is 5.65 Å². The van der Waals surface area contributed by atoms with Gasteiger partial charge in [-0.1, -0.05) is 6.07 Å². The van der Waals surface area contributed by atoms with E-state index in [0.29, 0.717) is 6.61 Å². The lowest BCUT2D eigenvalue weighted by atomic mass is 10.1. The van der Waals surface area contributed by atoms with E-state index in [4.69, 9.17) is 4.74 Å². The smallest absolute Gasteiger partial charge is 0.227 e. The number of H-pyrrole nitrogens is 1. The first kappa shape index (κ1) is 14.1. The number of ether oxygens (including phenoxy) is 1. The van der Waals surface area contributed by atoms with Crippen molar-refractivity contribution in [3.8, 4) is 0 Å². The van der Waals surface area contributed by atoms with Crippen molar-refractivity contribution in [3.05, 3.63) is 42.5 Å². The molecule has 118 valence electrons. The topological polar surface area (TPSA) is 79.8 Å². The standard InChI is InChI=1S/C16H18N6O/c1-2-6-17-13(4-1)11-23-14-5-3-7-22(10-14)16-18-8-12-9-19-21-15(12)20-16/h1-2,4,6,8-9,14H,3,5,7,10-11H2,(H,18,19,20,21). The van der Waals surface area contributed by atoms with Crippen molar-refractivity contribution in [2.24, 2.45) is 0 Å². The number of aromatic nitrogens is 5. The monoisotopic (exact) mass is 310 g/mol. The first-order valence-corrected chi connectivity index (χ1v) is 7.81. The van der Waals surface area contributed by atoms with Crippen molar-refractivity contribution in [3.63, 3.8) is 0 Å². The summed E-state index contributed by atoms with van der Waals surface area (Å²) in [5.41, 5.74) is 1.73. The lowest BCUT2D eigenvalue weighted by molar-refractivity contribution is 0.0295. The van der Waals surface area contributed by atoms with E-state index < -0.39 is 0 Å². The predicted molar refractivity (Wildman–Crippen MR) is 85.9 cm³/mol. The van der Waals surface area contributed by atoms with Crippen LogP contribution in [-0.2, 0) is 11.3 Å². The van der Waals surface area contributed by atoms with Gasteiger partial charge in [0.25, 0.3) is 0 Å². The molecular formula is C16H18N6O. The highest BCUT2D eigenvalue weighted by molar-refractivity contribution is 5.73. The zero-order valence-electron chi connectivity index (χ0n) is 12.7. The van der Waals surface area contributed by atoms with Gasteiger partial charge in [-0.05, 0) is 25.0 Å². The number of pyridine rings is 1. The Labute approximate surface area is 133 Å². The molecule has 1 aliphatic heterocycles. The van der Waals surface area contributed by atoms with Crippen LogP contribution in [0, 0.1) is 0 Å². The second-order valence-corrected chi connectivity index (χ2v) is 5.69. The number of nitrogens with zero attached hydrogens (tertiary/aromatic N) is 5. The molecule has 1 N–H and O–H groups in total. The van der Waals surface area contributed by atoms with Gasteiger partial charge in [0, 0.05) is 25.5 Å². The van der Waals surface area contributed by atoms with Crippen LogP contribution in [0.25, 0.3) is 11.0 Å². The Bertz CT molecular complexity index is 774. The third-order valence-corrected chi connectivity index (χ3v) is 4.03. The third kappa shape index (κ3) is 3.14. The highest BCUT2D eigenvalue weighted by Gasteiger charge is 2.22. The number of nitrogens with one attached hydrogen (secondary N) is 1. The van der Waals surface area contributed by atoms with Gasteiger partial charge in [-0.2, -0.15) is 10.1 Å². The van der Waals surface area contributed by atoms with E-state index >= 15 is 0 Å². The van der Waals surface area contributed by atoms with Gasteiger partial charge in [-0.3, -0.25) is 10.1 Å². The average molecular weight is 310 g/mol. The average Bonchev–Trinajstić information content (AvgIpc) is 3.09. The second kappa shape index (κ2) is 6.29. The summed E-state index contributed by atoms with van der Waals surface area (Å²) in [5, 5.41) is 7.80. The second-order valence-electron chi connectivity index (χ2n) is 5.69. The van der Waals surface area contributed by atoms with Crippen LogP contribution in [0.4, 0.5) is 5.95 Å². The van der Waals surface area contributed by atoms with Gasteiger partial charge in [0.2, 0.25) is 5.95 Å². The van der Waals surface area contributed by atoms with E-state index in [1.807, 2.05) is 18.2 Å². The molecule has 0 spiro atoms. The molecule has 0 aromatic carbocycles. The van der Waals surface area contributed by atoms with Crippen LogP contribution in [0.3, 0.4) is 0 Å². The van der Waals surface area contributed by atoms with Crippen LogP contribution in [-0.4, -0.2) is 44.3 Å². The van der Waals surface area contributed by atoms with Crippen molar-refractivity contribution in [1.29, 1.82) is 0 Å². The number of fused-ring (bicyclic) bond motifs is 1. The highest BCUT2D eigenvalue weighted by Crippen LogP contribution is 2.20. The molecule has 1 aliphatic rings. The summed E-state index contributed by atoms with van der Waals surface area (Å²) in [6, 6.07) is 5.87. The first-order valence-electron chi connectivity index (χ1n) is 7.81. The van der Waals surface area contributed by atoms with Crippen molar-refractivity contribution in [1.82, 2.24) is 25.1 Å². The summed E-state index contributed by atoms with van der Waals surface area (Å²) in [6.45, 7) is 2.29. The molecule has 0 amide bonds. The molecule has 0 saturated carbocycles. The lowest BCUT2D eigenvalue weighted by Crippen LogP contribution is -2.40. The van der Waals surface area contributed by atoms with Gasteiger partial charge < -0.3 is 9.64 Å². The lowest BCUT2D eigenvalue weighted by Gasteiger charge is -2.32. The van der Waals surface area contributed by atoms with Crippen LogP contribution in [0.5, 0.6) is 0 Å². The van der Waals surface area contributed by atoms with Crippen LogP contribution in [0.2, 0.25) is 0 Å². The Kier molecular flexibility index (Phi) is 3.85. The third-order valence-electron chi connectivity index (χ3n) is 4.03. The van der Waals surface area contributed by atoms with E-state index in [0.717, 1.165) is 48.6 Å². The van der Waals surface area contributed by atoms with E-state index in [1.165, 1.54) is 0 Å². The minimum absolute atomic E-state index is 0.173. The zero-order valence-corrected chi connectivity index (χ0v) is 12.7. The molecule has 1 fully saturated rings. The number of aromatic amines is 1. The van der Waals surface area contributed by atoms with Crippen LogP contribution in [0.15, 0.2) is 36.8 Å². The molecule has 1 atom stereocenters. The number of hydrogen-bond donors (Lipinski definition) is 1. The van der Waals surface area contributed by atoms with Crippen molar-refractivity contribution in [2.75, 3.05) is 18.0 Å². The minimum Gasteiger partial charge on any atom is -0.370 e. The molecule has 7 heteroatoms. The van der Waals surface area contributed by atoms with Gasteiger partial charge in [0.1, 0.15) is 0 Å². The van der Waals surface area contributed by atoms with Gasteiger partial charge >= 0.3 is 0 Å². The van der Waals surface area contributed by atoms with Gasteiger partial charge in [-0.15, -0.1) is 0 Å². The Balaban J connectivity index is 1.42. The van der Waals surface area contributed by atoms with Gasteiger partial charge in [-0.25, -0.2) is 4.98 Å². The predicted octanol–water partition coefficient (Wildman–Crippen LogP) is 1.93. The molecule has 4 heterocycles. The summed E-state index contributed by atoms with van der Waals surface area (Å²) in [7, 11) is 0. The number of anilines is 1. The summed E-state index contributed by atoms with van der Waals surface area (Å²) < 4.78 is 6.01. The molecule has 0 radical (unpaired) electrons. The Morgan fingerprint density at radius 3 is 3.17 bits per heavy atom. The fourth-order valence-electron chi connectivity index (χ4n) is 2.82. The Morgan fingerprint density at radius 2 is 2.26 bits per heavy atom. The van der Waals surface area contributed by atoms with Crippen molar-refractivity contribution in [2.45, 2.75) is 25.6 Å². The molecule has 3 aromatic rings. The molecule has 1 saturated heterocycles. The van der Waals surface area contributed by atoms with E-state index in [1.54, 1.807) is 18.6 Å². The SMILES string of the molecule is c1ccc(COC2CCCN(c3ncc4cn[nH]c4n3)C2)nc1. The number of hydrogen-bond acceptors (Lipinski definition) is 6. The molecule has 7 nitrogen and oxygen atoms in total. The first-order chi connectivity index (χ1) is 11.4. The quantitative estimate of drug-likeness (QED) is 0.793. The maximum absolute atomic E-state index is 6.01. The molecule has 1 unspecified atom stereocenters. The van der Waals surface area contributed by atoms with E-state index in [9.17, 15) is 0 Å². The van der Waals surface area contributed by atoms with E-state index in [2.05, 4.69) is 30.0 Å². The Morgan fingerprint density at radius 1 is 1.26 bits per heavy atom. The van der Waals surface area contributed by atoms with E-state index in [-0.39, 0.29) is 6.10 Å². The molecule has 4 rings (SSSR count). The summed E-state index contributed by atoms with van der Waals surface area (Å²) >= 11 is 0. The van der Waals surface area contributed by atoms with Crippen molar-refractivity contribution >= 4 is 17.0 Å². The summed E-state index contributed by atoms with van der Waals surface area (Å²) in [4.78, 5) is 15.5. The maximum Gasteiger partial charge on any atom is 0.227 e. The number of piperidine rings is 1. The molecular weight excluding hydrogens is 292 g/mol. The minimum atomic E-state index is 0.173. The normalized spacial score (nSPS) is 18.4. The van der Waals surface area contributed by atoms with Crippen LogP contribution in [0.1, 0.15) is 18.5 Å². The van der Waals surface area contributed by atoms with Crippen LogP contribution < -0.4 is 4.90 Å². The zero-order chi connectivity index (χ0) is 15.5. The van der Waals surface area contributed by atoms with Crippen molar-refractivity contribution < 1.29 is 4.74 Å².